The third-order valence-corrected chi connectivity index (χ3v) is 4.56. The second-order valence-electron chi connectivity index (χ2n) is 5.71. The van der Waals surface area contributed by atoms with Crippen molar-refractivity contribution in [3.8, 4) is 11.5 Å². The summed E-state index contributed by atoms with van der Waals surface area (Å²) in [5.41, 5.74) is 0.473. The molecular formula is C21H19BrO3. The van der Waals surface area contributed by atoms with Crippen molar-refractivity contribution < 1.29 is 14.3 Å². The zero-order valence-corrected chi connectivity index (χ0v) is 15.6. The molecule has 0 aliphatic carbocycles. The number of carbonyl (C=O) groups excluding carboxylic acids is 1. The first kappa shape index (κ1) is 17.5. The van der Waals surface area contributed by atoms with Crippen LogP contribution in [0.3, 0.4) is 0 Å². The van der Waals surface area contributed by atoms with Crippen molar-refractivity contribution in [3.05, 3.63) is 70.7 Å². The van der Waals surface area contributed by atoms with Gasteiger partial charge in [-0.25, -0.2) is 4.79 Å². The molecule has 0 atom stereocenters. The minimum Gasteiger partial charge on any atom is -0.494 e. The lowest BCUT2D eigenvalue weighted by atomic mass is 10.1. The van der Waals surface area contributed by atoms with Crippen molar-refractivity contribution in [1.29, 1.82) is 0 Å². The maximum atomic E-state index is 12.5. The van der Waals surface area contributed by atoms with Crippen molar-refractivity contribution >= 4 is 32.7 Å². The first-order chi connectivity index (χ1) is 12.2. The Kier molecular flexibility index (Phi) is 5.71. The second kappa shape index (κ2) is 8.17. The number of rotatable bonds is 6. The molecule has 0 amide bonds. The van der Waals surface area contributed by atoms with Crippen molar-refractivity contribution in [3.63, 3.8) is 0 Å². The van der Waals surface area contributed by atoms with E-state index in [0.29, 0.717) is 23.7 Å². The number of hydrogen-bond acceptors (Lipinski definition) is 3. The second-order valence-corrected chi connectivity index (χ2v) is 6.56. The van der Waals surface area contributed by atoms with Gasteiger partial charge in [0.15, 0.2) is 0 Å². The van der Waals surface area contributed by atoms with Crippen LogP contribution < -0.4 is 9.47 Å². The molecule has 3 aromatic rings. The lowest BCUT2D eigenvalue weighted by Gasteiger charge is -2.10. The molecule has 0 unspecified atom stereocenters. The topological polar surface area (TPSA) is 35.5 Å². The third-order valence-electron chi connectivity index (χ3n) is 3.87. The molecule has 0 spiro atoms. The first-order valence-corrected chi connectivity index (χ1v) is 9.10. The summed E-state index contributed by atoms with van der Waals surface area (Å²) < 4.78 is 12.3. The lowest BCUT2D eigenvalue weighted by Crippen LogP contribution is -2.09. The van der Waals surface area contributed by atoms with Gasteiger partial charge in [-0.3, -0.25) is 0 Å². The number of carbonyl (C=O) groups is 1. The molecule has 0 saturated carbocycles. The van der Waals surface area contributed by atoms with Crippen LogP contribution in [-0.4, -0.2) is 12.6 Å². The number of unbranched alkanes of at least 4 members (excludes halogenated alkanes) is 1. The fourth-order valence-electron chi connectivity index (χ4n) is 2.53. The molecule has 0 N–H and O–H groups in total. The molecule has 25 heavy (non-hydrogen) atoms. The van der Waals surface area contributed by atoms with Crippen molar-refractivity contribution in [2.45, 2.75) is 19.8 Å². The fourth-order valence-corrected chi connectivity index (χ4v) is 3.01. The van der Waals surface area contributed by atoms with Gasteiger partial charge in [0.1, 0.15) is 11.5 Å². The van der Waals surface area contributed by atoms with Crippen LogP contribution >= 0.6 is 15.9 Å². The highest BCUT2D eigenvalue weighted by Crippen LogP contribution is 2.32. The Morgan fingerprint density at radius 1 is 1.00 bits per heavy atom. The van der Waals surface area contributed by atoms with Crippen LogP contribution in [0, 0.1) is 0 Å². The van der Waals surface area contributed by atoms with Gasteiger partial charge in [0, 0.05) is 9.86 Å². The van der Waals surface area contributed by atoms with E-state index in [4.69, 9.17) is 9.47 Å². The quantitative estimate of drug-likeness (QED) is 0.290. The minimum atomic E-state index is -0.395. The molecule has 0 aromatic heterocycles. The number of halogens is 1. The Morgan fingerprint density at radius 3 is 2.60 bits per heavy atom. The van der Waals surface area contributed by atoms with Crippen molar-refractivity contribution in [1.82, 2.24) is 0 Å². The summed E-state index contributed by atoms with van der Waals surface area (Å²) in [4.78, 5) is 12.5. The van der Waals surface area contributed by atoms with Crippen LogP contribution in [0.2, 0.25) is 0 Å². The average Bonchev–Trinajstić information content (AvgIpc) is 2.65. The Bertz CT molecular complexity index is 889. The zero-order valence-electron chi connectivity index (χ0n) is 14.0. The van der Waals surface area contributed by atoms with Crippen molar-refractivity contribution in [2.75, 3.05) is 6.61 Å². The highest BCUT2D eigenvalue weighted by molar-refractivity contribution is 9.10. The van der Waals surface area contributed by atoms with E-state index in [2.05, 4.69) is 22.9 Å². The van der Waals surface area contributed by atoms with Crippen LogP contribution in [0.1, 0.15) is 30.1 Å². The molecule has 0 aliphatic heterocycles. The molecule has 3 nitrogen and oxygen atoms in total. The highest BCUT2D eigenvalue weighted by Gasteiger charge is 2.13. The summed E-state index contributed by atoms with van der Waals surface area (Å²) in [6, 6.07) is 18.6. The maximum Gasteiger partial charge on any atom is 0.343 e. The molecule has 0 radical (unpaired) electrons. The van der Waals surface area contributed by atoms with Crippen LogP contribution in [0.15, 0.2) is 65.1 Å². The van der Waals surface area contributed by atoms with Gasteiger partial charge in [-0.1, -0.05) is 59.6 Å². The SMILES string of the molecule is CCCCOc1cccc(C(=O)Oc2ccc(Br)c3ccccc23)c1. The minimum absolute atomic E-state index is 0.395. The lowest BCUT2D eigenvalue weighted by molar-refractivity contribution is 0.0736. The molecule has 3 rings (SSSR count). The number of ether oxygens (including phenoxy) is 2. The van der Waals surface area contributed by atoms with Gasteiger partial charge in [-0.15, -0.1) is 0 Å². The van der Waals surface area contributed by atoms with Crippen LogP contribution in [-0.2, 0) is 0 Å². The molecule has 0 bridgehead atoms. The van der Waals surface area contributed by atoms with E-state index >= 15 is 0 Å². The Labute approximate surface area is 155 Å². The molecule has 0 aliphatic rings. The standard InChI is InChI=1S/C21H19BrO3/c1-2-3-13-24-16-8-6-7-15(14-16)21(23)25-20-12-11-19(22)17-9-4-5-10-18(17)20/h4-12,14H,2-3,13H2,1H3. The highest BCUT2D eigenvalue weighted by atomic mass is 79.9. The predicted molar refractivity (Wildman–Crippen MR) is 103 cm³/mol. The molecule has 0 fully saturated rings. The van der Waals surface area contributed by atoms with Crippen LogP contribution in [0.25, 0.3) is 10.8 Å². The van der Waals surface area contributed by atoms with Gasteiger partial charge >= 0.3 is 5.97 Å². The summed E-state index contributed by atoms with van der Waals surface area (Å²) in [5.74, 6) is 0.832. The molecular weight excluding hydrogens is 380 g/mol. The Hall–Kier alpha value is -2.33. The summed E-state index contributed by atoms with van der Waals surface area (Å²) >= 11 is 3.52. The van der Waals surface area contributed by atoms with Gasteiger partial charge in [-0.05, 0) is 42.1 Å². The maximum absolute atomic E-state index is 12.5. The summed E-state index contributed by atoms with van der Waals surface area (Å²) in [5, 5.41) is 1.89. The van der Waals surface area contributed by atoms with E-state index in [0.717, 1.165) is 28.1 Å². The summed E-state index contributed by atoms with van der Waals surface area (Å²) in [7, 11) is 0. The Balaban J connectivity index is 1.81. The van der Waals surface area contributed by atoms with Gasteiger partial charge in [0.2, 0.25) is 0 Å². The summed E-state index contributed by atoms with van der Waals surface area (Å²) in [6.07, 6.45) is 2.05. The predicted octanol–water partition coefficient (Wildman–Crippen LogP) is 6.00. The number of esters is 1. The number of hydrogen-bond donors (Lipinski definition) is 0. The Morgan fingerprint density at radius 2 is 1.80 bits per heavy atom. The number of fused-ring (bicyclic) bond motifs is 1. The van der Waals surface area contributed by atoms with Crippen LogP contribution in [0.5, 0.6) is 11.5 Å². The van der Waals surface area contributed by atoms with E-state index in [1.807, 2.05) is 36.4 Å². The zero-order chi connectivity index (χ0) is 17.6. The van der Waals surface area contributed by atoms with Gasteiger partial charge < -0.3 is 9.47 Å². The molecule has 0 saturated heterocycles. The van der Waals surface area contributed by atoms with E-state index in [1.165, 1.54) is 0 Å². The normalized spacial score (nSPS) is 10.6. The van der Waals surface area contributed by atoms with E-state index < -0.39 is 5.97 Å². The molecule has 0 heterocycles. The van der Waals surface area contributed by atoms with Crippen LogP contribution in [0.4, 0.5) is 0 Å². The molecule has 128 valence electrons. The van der Waals surface area contributed by atoms with E-state index in [9.17, 15) is 4.79 Å². The monoisotopic (exact) mass is 398 g/mol. The summed E-state index contributed by atoms with van der Waals surface area (Å²) in [6.45, 7) is 2.76. The van der Waals surface area contributed by atoms with Gasteiger partial charge in [-0.2, -0.15) is 0 Å². The van der Waals surface area contributed by atoms with E-state index in [1.54, 1.807) is 24.3 Å². The van der Waals surface area contributed by atoms with Crippen molar-refractivity contribution in [2.24, 2.45) is 0 Å². The molecule has 3 aromatic carbocycles. The number of benzene rings is 3. The van der Waals surface area contributed by atoms with E-state index in [-0.39, 0.29) is 0 Å². The first-order valence-electron chi connectivity index (χ1n) is 8.31. The van der Waals surface area contributed by atoms with Gasteiger partial charge in [0.25, 0.3) is 0 Å². The third kappa shape index (κ3) is 4.20. The largest absolute Gasteiger partial charge is 0.494 e. The molecule has 4 heteroatoms. The smallest absolute Gasteiger partial charge is 0.343 e. The van der Waals surface area contributed by atoms with Gasteiger partial charge in [0.05, 0.1) is 12.2 Å². The fraction of sp³-hybridized carbons (Fsp3) is 0.190. The average molecular weight is 399 g/mol.